The van der Waals surface area contributed by atoms with E-state index in [1.165, 1.54) is 42.3 Å². The summed E-state index contributed by atoms with van der Waals surface area (Å²) in [5.41, 5.74) is 10.9. The minimum atomic E-state index is 0.730. The van der Waals surface area contributed by atoms with Crippen molar-refractivity contribution in [1.82, 2.24) is 9.97 Å². The molecular formula is C14H19N3. The van der Waals surface area contributed by atoms with E-state index in [0.717, 1.165) is 30.7 Å². The summed E-state index contributed by atoms with van der Waals surface area (Å²) in [5, 5.41) is 0. The molecule has 90 valence electrons. The number of nitrogens with two attached hydrogens (primary N) is 1. The van der Waals surface area contributed by atoms with Crippen molar-refractivity contribution < 1.29 is 0 Å². The minimum absolute atomic E-state index is 0.730. The normalized spacial score (nSPS) is 15.1. The maximum atomic E-state index is 5.53. The van der Waals surface area contributed by atoms with Crippen LogP contribution < -0.4 is 5.73 Å². The average Bonchev–Trinajstić information content (AvgIpc) is 2.75. The summed E-state index contributed by atoms with van der Waals surface area (Å²) >= 11 is 0. The van der Waals surface area contributed by atoms with Crippen molar-refractivity contribution >= 4 is 11.0 Å². The zero-order valence-electron chi connectivity index (χ0n) is 10.1. The number of fused-ring (bicyclic) bond motifs is 2. The van der Waals surface area contributed by atoms with Crippen LogP contribution in [0.1, 0.15) is 36.2 Å². The summed E-state index contributed by atoms with van der Waals surface area (Å²) in [7, 11) is 0. The Morgan fingerprint density at radius 1 is 1.18 bits per heavy atom. The number of imidazole rings is 1. The molecule has 3 heteroatoms. The standard InChI is InChI=1S/C14H19N3/c15-7-3-6-14-16-12-8-10-4-1-2-5-11(10)9-13(12)17-14/h8-9H,1-7,15H2,(H,16,17). The van der Waals surface area contributed by atoms with Crippen LogP contribution in [0, 0.1) is 0 Å². The summed E-state index contributed by atoms with van der Waals surface area (Å²) in [4.78, 5) is 8.06. The zero-order chi connectivity index (χ0) is 11.7. The third-order valence-corrected chi connectivity index (χ3v) is 3.61. The summed E-state index contributed by atoms with van der Waals surface area (Å²) in [6, 6.07) is 4.56. The number of aryl methyl sites for hydroxylation is 3. The monoisotopic (exact) mass is 229 g/mol. The lowest BCUT2D eigenvalue weighted by atomic mass is 9.91. The van der Waals surface area contributed by atoms with Crippen molar-refractivity contribution in [3.05, 3.63) is 29.1 Å². The van der Waals surface area contributed by atoms with E-state index in [4.69, 9.17) is 5.73 Å². The number of nitrogens with zero attached hydrogens (tertiary/aromatic N) is 1. The van der Waals surface area contributed by atoms with E-state index in [-0.39, 0.29) is 0 Å². The molecule has 0 spiro atoms. The maximum absolute atomic E-state index is 5.53. The number of H-pyrrole nitrogens is 1. The predicted octanol–water partition coefficient (Wildman–Crippen LogP) is 2.33. The molecule has 3 N–H and O–H groups in total. The number of benzene rings is 1. The van der Waals surface area contributed by atoms with Crippen LogP contribution >= 0.6 is 0 Å². The number of rotatable bonds is 3. The molecule has 0 saturated heterocycles. The van der Waals surface area contributed by atoms with Gasteiger partial charge in [0.15, 0.2) is 0 Å². The molecule has 1 aromatic heterocycles. The summed E-state index contributed by atoms with van der Waals surface area (Å²) in [5.74, 6) is 1.08. The highest BCUT2D eigenvalue weighted by atomic mass is 14.9. The van der Waals surface area contributed by atoms with Crippen LogP contribution in [0.15, 0.2) is 12.1 Å². The Labute approximate surface area is 101 Å². The van der Waals surface area contributed by atoms with E-state index in [9.17, 15) is 0 Å². The lowest BCUT2D eigenvalue weighted by molar-refractivity contribution is 0.687. The fourth-order valence-electron chi connectivity index (χ4n) is 2.68. The molecular weight excluding hydrogens is 210 g/mol. The summed E-state index contributed by atoms with van der Waals surface area (Å²) < 4.78 is 0. The van der Waals surface area contributed by atoms with Crippen LogP contribution in [0.3, 0.4) is 0 Å². The van der Waals surface area contributed by atoms with Crippen molar-refractivity contribution in [3.8, 4) is 0 Å². The van der Waals surface area contributed by atoms with Crippen LogP contribution in [-0.4, -0.2) is 16.5 Å². The topological polar surface area (TPSA) is 54.7 Å². The predicted molar refractivity (Wildman–Crippen MR) is 70.1 cm³/mol. The summed E-state index contributed by atoms with van der Waals surface area (Å²) in [6.45, 7) is 0.730. The number of nitrogens with one attached hydrogen (secondary N) is 1. The van der Waals surface area contributed by atoms with E-state index in [1.807, 2.05) is 0 Å². The van der Waals surface area contributed by atoms with Gasteiger partial charge in [-0.15, -0.1) is 0 Å². The second-order valence-electron chi connectivity index (χ2n) is 4.92. The smallest absolute Gasteiger partial charge is 0.107 e. The minimum Gasteiger partial charge on any atom is -0.342 e. The van der Waals surface area contributed by atoms with Gasteiger partial charge in [0, 0.05) is 6.42 Å². The zero-order valence-corrected chi connectivity index (χ0v) is 10.1. The third kappa shape index (κ3) is 2.07. The first kappa shape index (κ1) is 10.8. The van der Waals surface area contributed by atoms with E-state index in [2.05, 4.69) is 22.1 Å². The fourth-order valence-corrected chi connectivity index (χ4v) is 2.68. The SMILES string of the molecule is NCCCc1nc2cc3c(cc2[nH]1)CCCC3. The Bertz CT molecular complexity index is 484. The van der Waals surface area contributed by atoms with Gasteiger partial charge >= 0.3 is 0 Å². The highest BCUT2D eigenvalue weighted by Crippen LogP contribution is 2.25. The van der Waals surface area contributed by atoms with Crippen LogP contribution in [0.25, 0.3) is 11.0 Å². The molecule has 0 aliphatic heterocycles. The Morgan fingerprint density at radius 3 is 2.71 bits per heavy atom. The van der Waals surface area contributed by atoms with Gasteiger partial charge in [-0.1, -0.05) is 0 Å². The van der Waals surface area contributed by atoms with Crippen molar-refractivity contribution in [3.63, 3.8) is 0 Å². The number of aromatic nitrogens is 2. The van der Waals surface area contributed by atoms with E-state index in [0.29, 0.717) is 0 Å². The molecule has 1 aliphatic rings. The molecule has 0 amide bonds. The van der Waals surface area contributed by atoms with Gasteiger partial charge < -0.3 is 10.7 Å². The van der Waals surface area contributed by atoms with Gasteiger partial charge in [0.1, 0.15) is 5.82 Å². The van der Waals surface area contributed by atoms with Gasteiger partial charge in [-0.3, -0.25) is 0 Å². The summed E-state index contributed by atoms with van der Waals surface area (Å²) in [6.07, 6.45) is 7.05. The molecule has 1 aliphatic carbocycles. The molecule has 17 heavy (non-hydrogen) atoms. The van der Waals surface area contributed by atoms with Crippen molar-refractivity contribution in [2.45, 2.75) is 38.5 Å². The quantitative estimate of drug-likeness (QED) is 0.848. The Hall–Kier alpha value is -1.35. The lowest BCUT2D eigenvalue weighted by Crippen LogP contribution is -2.01. The van der Waals surface area contributed by atoms with Gasteiger partial charge in [0.05, 0.1) is 11.0 Å². The van der Waals surface area contributed by atoms with Crippen molar-refractivity contribution in [2.24, 2.45) is 5.73 Å². The number of hydrogen-bond acceptors (Lipinski definition) is 2. The molecule has 0 bridgehead atoms. The third-order valence-electron chi connectivity index (χ3n) is 3.61. The number of aromatic amines is 1. The van der Waals surface area contributed by atoms with Crippen LogP contribution in [0.2, 0.25) is 0 Å². The van der Waals surface area contributed by atoms with Crippen molar-refractivity contribution in [1.29, 1.82) is 0 Å². The van der Waals surface area contributed by atoms with Crippen LogP contribution in [-0.2, 0) is 19.3 Å². The molecule has 0 saturated carbocycles. The lowest BCUT2D eigenvalue weighted by Gasteiger charge is -2.14. The molecule has 3 nitrogen and oxygen atoms in total. The maximum Gasteiger partial charge on any atom is 0.107 e. The Morgan fingerprint density at radius 2 is 1.94 bits per heavy atom. The first-order valence-corrected chi connectivity index (χ1v) is 6.57. The molecule has 0 atom stereocenters. The highest BCUT2D eigenvalue weighted by Gasteiger charge is 2.12. The molecule has 2 aromatic rings. The highest BCUT2D eigenvalue weighted by molar-refractivity contribution is 5.77. The van der Waals surface area contributed by atoms with Gasteiger partial charge in [0.25, 0.3) is 0 Å². The molecule has 0 fully saturated rings. The van der Waals surface area contributed by atoms with E-state index >= 15 is 0 Å². The van der Waals surface area contributed by atoms with Gasteiger partial charge in [-0.2, -0.15) is 0 Å². The molecule has 1 aromatic carbocycles. The second kappa shape index (κ2) is 4.49. The molecule has 1 heterocycles. The number of hydrogen-bond donors (Lipinski definition) is 2. The van der Waals surface area contributed by atoms with Crippen LogP contribution in [0.4, 0.5) is 0 Å². The van der Waals surface area contributed by atoms with Gasteiger partial charge in [0.2, 0.25) is 0 Å². The van der Waals surface area contributed by atoms with E-state index < -0.39 is 0 Å². The Balaban J connectivity index is 1.98. The molecule has 3 rings (SSSR count). The largest absolute Gasteiger partial charge is 0.342 e. The Kier molecular flexibility index (Phi) is 2.85. The fraction of sp³-hybridized carbons (Fsp3) is 0.500. The molecule has 0 unspecified atom stereocenters. The average molecular weight is 229 g/mol. The second-order valence-corrected chi connectivity index (χ2v) is 4.92. The molecule has 0 radical (unpaired) electrons. The van der Waals surface area contributed by atoms with Crippen LogP contribution in [0.5, 0.6) is 0 Å². The van der Waals surface area contributed by atoms with Crippen molar-refractivity contribution in [2.75, 3.05) is 6.54 Å². The first-order valence-electron chi connectivity index (χ1n) is 6.57. The van der Waals surface area contributed by atoms with Gasteiger partial charge in [-0.05, 0) is 61.9 Å². The first-order chi connectivity index (χ1) is 8.36. The van der Waals surface area contributed by atoms with E-state index in [1.54, 1.807) is 0 Å². The van der Waals surface area contributed by atoms with Gasteiger partial charge in [-0.25, -0.2) is 4.98 Å².